The minimum atomic E-state index is -3.15. The Balaban J connectivity index is 1.96. The van der Waals surface area contributed by atoms with Crippen LogP contribution in [0.25, 0.3) is 0 Å². The molecule has 0 saturated heterocycles. The van der Waals surface area contributed by atoms with Gasteiger partial charge >= 0.3 is 0 Å². The van der Waals surface area contributed by atoms with Crippen molar-refractivity contribution in [2.75, 3.05) is 5.75 Å². The third kappa shape index (κ3) is 4.32. The van der Waals surface area contributed by atoms with E-state index in [-0.39, 0.29) is 11.8 Å². The van der Waals surface area contributed by atoms with Gasteiger partial charge in [0.2, 0.25) is 10.0 Å². The molecule has 0 fully saturated rings. The molecule has 1 aromatic rings. The molecule has 20 heavy (non-hydrogen) atoms. The van der Waals surface area contributed by atoms with Crippen LogP contribution in [0.5, 0.6) is 0 Å². The van der Waals surface area contributed by atoms with E-state index in [1.165, 1.54) is 5.56 Å². The molecule has 0 radical (unpaired) electrons. The highest BCUT2D eigenvalue weighted by Gasteiger charge is 2.23. The van der Waals surface area contributed by atoms with E-state index in [1.807, 2.05) is 12.1 Å². The van der Waals surface area contributed by atoms with Gasteiger partial charge in [0.1, 0.15) is 0 Å². The van der Waals surface area contributed by atoms with Crippen LogP contribution in [0, 0.1) is 0 Å². The van der Waals surface area contributed by atoms with E-state index in [4.69, 9.17) is 0 Å². The molecule has 0 amide bonds. The van der Waals surface area contributed by atoms with E-state index in [1.54, 1.807) is 0 Å². The van der Waals surface area contributed by atoms with Gasteiger partial charge in [-0.2, -0.15) is 0 Å². The maximum Gasteiger partial charge on any atom is 0.212 e. The van der Waals surface area contributed by atoms with Crippen LogP contribution in [-0.2, 0) is 16.4 Å². The fourth-order valence-electron chi connectivity index (χ4n) is 2.87. The predicted octanol–water partition coefficient (Wildman–Crippen LogP) is 3.56. The first-order chi connectivity index (χ1) is 9.62. The van der Waals surface area contributed by atoms with Crippen molar-refractivity contribution >= 4 is 10.0 Å². The molecular weight excluding hydrogens is 270 g/mol. The summed E-state index contributed by atoms with van der Waals surface area (Å²) in [6.45, 7) is 2.13. The summed E-state index contributed by atoms with van der Waals surface area (Å²) in [5, 5.41) is 0. The molecule has 1 aliphatic carbocycles. The fourth-order valence-corrected chi connectivity index (χ4v) is 4.25. The van der Waals surface area contributed by atoms with Gasteiger partial charge in [-0.15, -0.1) is 0 Å². The highest BCUT2D eigenvalue weighted by atomic mass is 32.2. The van der Waals surface area contributed by atoms with Crippen LogP contribution in [0.4, 0.5) is 0 Å². The summed E-state index contributed by atoms with van der Waals surface area (Å²) in [6, 6.07) is 8.15. The molecule has 0 spiro atoms. The van der Waals surface area contributed by atoms with Gasteiger partial charge < -0.3 is 0 Å². The summed E-state index contributed by atoms with van der Waals surface area (Å²) in [6.07, 6.45) is 7.03. The summed E-state index contributed by atoms with van der Waals surface area (Å²) in [4.78, 5) is 0. The molecule has 0 bridgehead atoms. The molecule has 0 aromatic heterocycles. The average molecular weight is 295 g/mol. The normalized spacial score (nSPS) is 18.8. The van der Waals surface area contributed by atoms with Crippen LogP contribution in [0.3, 0.4) is 0 Å². The summed E-state index contributed by atoms with van der Waals surface area (Å²) in [5.74, 6) is 0.256. The smallest absolute Gasteiger partial charge is 0.212 e. The highest BCUT2D eigenvalue weighted by Crippen LogP contribution is 2.30. The van der Waals surface area contributed by atoms with E-state index in [9.17, 15) is 8.42 Å². The minimum absolute atomic E-state index is 0.0314. The fraction of sp³-hybridized carbons (Fsp3) is 0.625. The van der Waals surface area contributed by atoms with E-state index in [0.29, 0.717) is 0 Å². The van der Waals surface area contributed by atoms with Gasteiger partial charge in [0.05, 0.1) is 5.75 Å². The monoisotopic (exact) mass is 295 g/mol. The average Bonchev–Trinajstić information content (AvgIpc) is 2.44. The Morgan fingerprint density at radius 3 is 2.80 bits per heavy atom. The highest BCUT2D eigenvalue weighted by molar-refractivity contribution is 7.89. The molecule has 1 aromatic carbocycles. The number of aryl methyl sites for hydroxylation is 1. The van der Waals surface area contributed by atoms with Crippen molar-refractivity contribution in [1.29, 1.82) is 0 Å². The lowest BCUT2D eigenvalue weighted by Gasteiger charge is -2.26. The minimum Gasteiger partial charge on any atom is -0.212 e. The Bertz CT molecular complexity index is 525. The number of hydrogen-bond acceptors (Lipinski definition) is 2. The van der Waals surface area contributed by atoms with Crippen molar-refractivity contribution in [3.8, 4) is 0 Å². The maximum absolute atomic E-state index is 12.2. The number of sulfonamides is 1. The number of hydrogen-bond donors (Lipinski definition) is 1. The Morgan fingerprint density at radius 1 is 1.20 bits per heavy atom. The van der Waals surface area contributed by atoms with Crippen LogP contribution in [0.15, 0.2) is 24.3 Å². The third-order valence-electron chi connectivity index (χ3n) is 3.96. The van der Waals surface area contributed by atoms with Crippen molar-refractivity contribution in [2.24, 2.45) is 0 Å². The molecular formula is C16H25NO2S. The first kappa shape index (κ1) is 15.5. The Labute approximate surface area is 122 Å². The Hall–Kier alpha value is -0.870. The Morgan fingerprint density at radius 2 is 2.00 bits per heavy atom. The van der Waals surface area contributed by atoms with Gasteiger partial charge in [-0.1, -0.05) is 50.5 Å². The van der Waals surface area contributed by atoms with Gasteiger partial charge in [0, 0.05) is 6.04 Å². The second kappa shape index (κ2) is 7.23. The van der Waals surface area contributed by atoms with Gasteiger partial charge in [0.15, 0.2) is 0 Å². The van der Waals surface area contributed by atoms with Crippen molar-refractivity contribution in [3.05, 3.63) is 35.4 Å². The largest absolute Gasteiger partial charge is 0.212 e. The summed E-state index contributed by atoms with van der Waals surface area (Å²) < 4.78 is 27.2. The zero-order valence-corrected chi connectivity index (χ0v) is 13.1. The van der Waals surface area contributed by atoms with Crippen molar-refractivity contribution in [3.63, 3.8) is 0 Å². The van der Waals surface area contributed by atoms with Gasteiger partial charge in [-0.05, 0) is 36.8 Å². The van der Waals surface area contributed by atoms with Crippen LogP contribution in [0.2, 0.25) is 0 Å². The van der Waals surface area contributed by atoms with Crippen molar-refractivity contribution in [1.82, 2.24) is 4.72 Å². The van der Waals surface area contributed by atoms with Crippen LogP contribution < -0.4 is 4.72 Å². The predicted molar refractivity (Wildman–Crippen MR) is 83.2 cm³/mol. The van der Waals surface area contributed by atoms with Gasteiger partial charge in [-0.3, -0.25) is 0 Å². The molecule has 4 heteroatoms. The van der Waals surface area contributed by atoms with Crippen LogP contribution >= 0.6 is 0 Å². The standard InChI is InChI=1S/C16H25NO2S/c1-2-3-4-7-13-20(18,19)17-16-12-8-10-14-9-5-6-11-15(14)16/h5-6,9,11,16-17H,2-4,7-8,10,12-13H2,1H3. The van der Waals surface area contributed by atoms with Crippen molar-refractivity contribution < 1.29 is 8.42 Å². The summed E-state index contributed by atoms with van der Waals surface area (Å²) in [7, 11) is -3.15. The molecule has 0 aliphatic heterocycles. The molecule has 0 heterocycles. The second-order valence-corrected chi connectivity index (χ2v) is 7.51. The van der Waals surface area contributed by atoms with Crippen LogP contribution in [0.1, 0.15) is 62.6 Å². The molecule has 112 valence electrons. The number of unbranched alkanes of at least 4 members (excludes halogenated alkanes) is 3. The topological polar surface area (TPSA) is 46.2 Å². The zero-order chi connectivity index (χ0) is 14.4. The number of benzene rings is 1. The van der Waals surface area contributed by atoms with Gasteiger partial charge in [0.25, 0.3) is 0 Å². The maximum atomic E-state index is 12.2. The van der Waals surface area contributed by atoms with E-state index in [0.717, 1.165) is 50.5 Å². The second-order valence-electron chi connectivity index (χ2n) is 5.64. The lowest BCUT2D eigenvalue weighted by molar-refractivity contribution is 0.505. The van der Waals surface area contributed by atoms with E-state index < -0.39 is 10.0 Å². The number of fused-ring (bicyclic) bond motifs is 1. The number of nitrogens with one attached hydrogen (secondary N) is 1. The molecule has 1 atom stereocenters. The van der Waals surface area contributed by atoms with Crippen LogP contribution in [-0.4, -0.2) is 14.2 Å². The number of rotatable bonds is 7. The molecule has 3 nitrogen and oxygen atoms in total. The SMILES string of the molecule is CCCCCCS(=O)(=O)NC1CCCc2ccccc21. The lowest BCUT2D eigenvalue weighted by atomic mass is 9.88. The quantitative estimate of drug-likeness (QED) is 0.782. The van der Waals surface area contributed by atoms with Crippen molar-refractivity contribution in [2.45, 2.75) is 57.9 Å². The lowest BCUT2D eigenvalue weighted by Crippen LogP contribution is -2.32. The molecule has 0 saturated carbocycles. The van der Waals surface area contributed by atoms with E-state index in [2.05, 4.69) is 23.8 Å². The summed E-state index contributed by atoms with van der Waals surface area (Å²) >= 11 is 0. The molecule has 1 aliphatic rings. The van der Waals surface area contributed by atoms with E-state index >= 15 is 0 Å². The Kier molecular flexibility index (Phi) is 5.61. The molecule has 1 unspecified atom stereocenters. The summed E-state index contributed by atoms with van der Waals surface area (Å²) in [5.41, 5.74) is 2.45. The molecule has 1 N–H and O–H groups in total. The molecule has 2 rings (SSSR count). The van der Waals surface area contributed by atoms with Gasteiger partial charge in [-0.25, -0.2) is 13.1 Å². The zero-order valence-electron chi connectivity index (χ0n) is 12.3. The first-order valence-corrected chi connectivity index (χ1v) is 9.35. The first-order valence-electron chi connectivity index (χ1n) is 7.70. The third-order valence-corrected chi connectivity index (χ3v) is 5.43.